The summed E-state index contributed by atoms with van der Waals surface area (Å²) in [7, 11) is 0. The van der Waals surface area contributed by atoms with Crippen molar-refractivity contribution < 1.29 is 0 Å². The largest absolute Gasteiger partial charge is 0.383 e. The number of halogens is 1. The van der Waals surface area contributed by atoms with Gasteiger partial charge in [-0.3, -0.25) is 0 Å². The molecule has 0 aliphatic heterocycles. The average Bonchev–Trinajstić information content (AvgIpc) is 2.10. The molecule has 1 heterocycles. The molecule has 13 heavy (non-hydrogen) atoms. The first-order chi connectivity index (χ1) is 6.15. The number of aryl methyl sites for hydroxylation is 2. The molecule has 0 saturated carbocycles. The van der Waals surface area contributed by atoms with Crippen LogP contribution in [0.25, 0.3) is 0 Å². The molecule has 0 fully saturated rings. The fourth-order valence-electron chi connectivity index (χ4n) is 0.946. The summed E-state index contributed by atoms with van der Waals surface area (Å²) < 4.78 is 0.963. The summed E-state index contributed by atoms with van der Waals surface area (Å²) in [5.74, 6) is 2.49. The molecule has 3 nitrogen and oxygen atoms in total. The van der Waals surface area contributed by atoms with Gasteiger partial charge in [0.1, 0.15) is 11.6 Å². The monoisotopic (exact) mass is 309 g/mol. The van der Waals surface area contributed by atoms with Gasteiger partial charge in [-0.25, -0.2) is 9.97 Å². The van der Waals surface area contributed by atoms with Crippen LogP contribution >= 0.6 is 34.4 Å². The van der Waals surface area contributed by atoms with Gasteiger partial charge in [0.2, 0.25) is 0 Å². The van der Waals surface area contributed by atoms with Crippen LogP contribution in [0.3, 0.4) is 0 Å². The zero-order valence-corrected chi connectivity index (χ0v) is 10.6. The Morgan fingerprint density at radius 3 is 2.69 bits per heavy atom. The molecule has 0 atom stereocenters. The second kappa shape index (κ2) is 4.99. The molecule has 0 aliphatic carbocycles. The van der Waals surface area contributed by atoms with Gasteiger partial charge in [0.15, 0.2) is 0 Å². The first-order valence-electron chi connectivity index (χ1n) is 3.92. The number of thioether (sulfide) groups is 1. The van der Waals surface area contributed by atoms with E-state index < -0.39 is 0 Å². The lowest BCUT2D eigenvalue weighted by Crippen LogP contribution is -2.05. The summed E-state index contributed by atoms with van der Waals surface area (Å²) in [6.45, 7) is 1.96. The van der Waals surface area contributed by atoms with Crippen LogP contribution in [0.5, 0.6) is 0 Å². The van der Waals surface area contributed by atoms with Crippen molar-refractivity contribution in [2.75, 3.05) is 17.7 Å². The minimum Gasteiger partial charge on any atom is -0.383 e. The topological polar surface area (TPSA) is 51.8 Å². The number of nitrogens with zero attached hydrogens (tertiary/aromatic N) is 2. The Bertz CT molecular complexity index is 280. The summed E-state index contributed by atoms with van der Waals surface area (Å²) in [5.41, 5.74) is 6.70. The quantitative estimate of drug-likeness (QED) is 0.866. The Labute approximate surface area is 96.1 Å². The third-order valence-corrected chi connectivity index (χ3v) is 3.56. The molecule has 0 aliphatic rings. The molecule has 0 saturated heterocycles. The Balaban J connectivity index is 2.86. The first kappa shape index (κ1) is 11.0. The van der Waals surface area contributed by atoms with E-state index in [1.807, 2.05) is 6.92 Å². The number of anilines is 1. The number of nitrogens with two attached hydrogens (primary N) is 1. The molecule has 0 radical (unpaired) electrons. The van der Waals surface area contributed by atoms with Gasteiger partial charge in [-0.05, 0) is 35.8 Å². The zero-order chi connectivity index (χ0) is 9.84. The molecule has 72 valence electrons. The highest BCUT2D eigenvalue weighted by molar-refractivity contribution is 14.1. The molecule has 0 unspecified atom stereocenters. The van der Waals surface area contributed by atoms with Crippen LogP contribution in [-0.2, 0) is 6.42 Å². The number of rotatable bonds is 3. The van der Waals surface area contributed by atoms with Crippen LogP contribution in [0.1, 0.15) is 11.5 Å². The van der Waals surface area contributed by atoms with Crippen molar-refractivity contribution in [1.29, 1.82) is 0 Å². The number of nitrogen functional groups attached to an aromatic ring is 1. The van der Waals surface area contributed by atoms with Crippen molar-refractivity contribution in [3.05, 3.63) is 15.1 Å². The van der Waals surface area contributed by atoms with Gasteiger partial charge in [-0.15, -0.1) is 0 Å². The molecule has 2 N–H and O–H groups in total. The third-order valence-electron chi connectivity index (χ3n) is 1.62. The Morgan fingerprint density at radius 1 is 1.46 bits per heavy atom. The highest BCUT2D eigenvalue weighted by atomic mass is 127. The zero-order valence-electron chi connectivity index (χ0n) is 7.67. The molecular formula is C8H12IN3S. The van der Waals surface area contributed by atoms with Gasteiger partial charge in [0, 0.05) is 12.2 Å². The molecular weight excluding hydrogens is 297 g/mol. The number of aromatic nitrogens is 2. The van der Waals surface area contributed by atoms with Crippen molar-refractivity contribution >= 4 is 40.2 Å². The van der Waals surface area contributed by atoms with Crippen molar-refractivity contribution in [2.45, 2.75) is 13.3 Å². The maximum atomic E-state index is 5.73. The summed E-state index contributed by atoms with van der Waals surface area (Å²) in [4.78, 5) is 8.58. The fraction of sp³-hybridized carbons (Fsp3) is 0.500. The van der Waals surface area contributed by atoms with Gasteiger partial charge in [0.05, 0.1) is 9.26 Å². The molecule has 0 amide bonds. The van der Waals surface area contributed by atoms with Crippen molar-refractivity contribution in [3.63, 3.8) is 0 Å². The minimum atomic E-state index is 0.601. The second-order valence-electron chi connectivity index (χ2n) is 2.67. The van der Waals surface area contributed by atoms with E-state index in [2.05, 4.69) is 38.8 Å². The SMILES string of the molecule is CSCCc1nc(C)c(I)c(N)n1. The first-order valence-corrected chi connectivity index (χ1v) is 6.40. The highest BCUT2D eigenvalue weighted by Gasteiger charge is 2.05. The molecule has 5 heteroatoms. The minimum absolute atomic E-state index is 0.601. The Kier molecular flexibility index (Phi) is 4.24. The lowest BCUT2D eigenvalue weighted by molar-refractivity contribution is 0.923. The van der Waals surface area contributed by atoms with E-state index in [1.165, 1.54) is 0 Å². The molecule has 0 spiro atoms. The van der Waals surface area contributed by atoms with Crippen molar-refractivity contribution in [1.82, 2.24) is 9.97 Å². The maximum absolute atomic E-state index is 5.73. The summed E-state index contributed by atoms with van der Waals surface area (Å²) >= 11 is 3.96. The average molecular weight is 309 g/mol. The van der Waals surface area contributed by atoms with Gasteiger partial charge in [-0.2, -0.15) is 11.8 Å². The van der Waals surface area contributed by atoms with E-state index in [0.29, 0.717) is 5.82 Å². The smallest absolute Gasteiger partial charge is 0.140 e. The van der Waals surface area contributed by atoms with Gasteiger partial charge < -0.3 is 5.73 Å². The second-order valence-corrected chi connectivity index (χ2v) is 4.73. The molecule has 1 aromatic rings. The van der Waals surface area contributed by atoms with E-state index in [4.69, 9.17) is 5.73 Å². The lowest BCUT2D eigenvalue weighted by Gasteiger charge is -2.04. The van der Waals surface area contributed by atoms with Crippen LogP contribution in [0, 0.1) is 10.5 Å². The molecule has 1 rings (SSSR count). The van der Waals surface area contributed by atoms with Gasteiger partial charge >= 0.3 is 0 Å². The highest BCUT2D eigenvalue weighted by Crippen LogP contribution is 2.15. The van der Waals surface area contributed by atoms with E-state index >= 15 is 0 Å². The van der Waals surface area contributed by atoms with E-state index in [-0.39, 0.29) is 0 Å². The molecule has 1 aromatic heterocycles. The standard InChI is InChI=1S/C8H12IN3S/c1-5-7(9)8(10)12-6(11-5)3-4-13-2/h3-4H2,1-2H3,(H2,10,11,12). The number of hydrogen-bond donors (Lipinski definition) is 1. The van der Waals surface area contributed by atoms with E-state index in [1.54, 1.807) is 11.8 Å². The molecule has 0 aromatic carbocycles. The van der Waals surface area contributed by atoms with Crippen LogP contribution < -0.4 is 5.73 Å². The summed E-state index contributed by atoms with van der Waals surface area (Å²) in [5, 5.41) is 0. The summed E-state index contributed by atoms with van der Waals surface area (Å²) in [6, 6.07) is 0. The predicted molar refractivity (Wildman–Crippen MR) is 66.0 cm³/mol. The maximum Gasteiger partial charge on any atom is 0.140 e. The number of hydrogen-bond acceptors (Lipinski definition) is 4. The normalized spacial score (nSPS) is 10.4. The molecule has 0 bridgehead atoms. The third kappa shape index (κ3) is 2.98. The van der Waals surface area contributed by atoms with Crippen molar-refractivity contribution in [2.24, 2.45) is 0 Å². The summed E-state index contributed by atoms with van der Waals surface area (Å²) in [6.07, 6.45) is 2.96. The van der Waals surface area contributed by atoms with Crippen molar-refractivity contribution in [3.8, 4) is 0 Å². The lowest BCUT2D eigenvalue weighted by atomic mass is 10.4. The van der Waals surface area contributed by atoms with Crippen LogP contribution in [0.2, 0.25) is 0 Å². The Hall–Kier alpha value is -0.0400. The van der Waals surface area contributed by atoms with Crippen LogP contribution in [0.15, 0.2) is 0 Å². The fourth-order valence-corrected chi connectivity index (χ4v) is 1.57. The van der Waals surface area contributed by atoms with E-state index in [0.717, 1.165) is 27.3 Å². The van der Waals surface area contributed by atoms with Gasteiger partial charge in [-0.1, -0.05) is 0 Å². The predicted octanol–water partition coefficient (Wildman–Crippen LogP) is 1.88. The van der Waals surface area contributed by atoms with E-state index in [9.17, 15) is 0 Å². The van der Waals surface area contributed by atoms with Crippen LogP contribution in [-0.4, -0.2) is 22.0 Å². The van der Waals surface area contributed by atoms with Crippen LogP contribution in [0.4, 0.5) is 5.82 Å². The van der Waals surface area contributed by atoms with Gasteiger partial charge in [0.25, 0.3) is 0 Å². The Morgan fingerprint density at radius 2 is 2.15 bits per heavy atom.